The van der Waals surface area contributed by atoms with E-state index in [1.54, 1.807) is 0 Å². The van der Waals surface area contributed by atoms with E-state index in [4.69, 9.17) is 15.2 Å². The second-order valence-corrected chi connectivity index (χ2v) is 9.12. The van der Waals surface area contributed by atoms with Crippen LogP contribution in [0, 0.1) is 11.3 Å². The lowest BCUT2D eigenvalue weighted by Crippen LogP contribution is -2.37. The van der Waals surface area contributed by atoms with Crippen molar-refractivity contribution < 1.29 is 0 Å². The van der Waals surface area contributed by atoms with Crippen LogP contribution in [0.1, 0.15) is 36.9 Å². The van der Waals surface area contributed by atoms with E-state index < -0.39 is 0 Å². The standard InChI is InChI=1S/C24H29N7S/c1-31(2)22-20-6-4-5-7-21(20)29-24(30-22)28-18-12-10-17(11-13-18)26-15-19-9-8-16(14-25)23(27-19)32-3/h4-9,17-18,26H,10-13,15H2,1-3H3,(H,28,29,30). The van der Waals surface area contributed by atoms with Crippen molar-refractivity contribution in [3.8, 4) is 6.07 Å². The van der Waals surface area contributed by atoms with Gasteiger partial charge in [0.05, 0.1) is 16.8 Å². The van der Waals surface area contributed by atoms with Crippen molar-refractivity contribution in [1.29, 1.82) is 5.26 Å². The summed E-state index contributed by atoms with van der Waals surface area (Å²) in [6, 6.07) is 15.0. The van der Waals surface area contributed by atoms with Crippen LogP contribution in [0.4, 0.5) is 11.8 Å². The molecule has 0 radical (unpaired) electrons. The minimum atomic E-state index is 0.375. The maximum atomic E-state index is 9.16. The average Bonchev–Trinajstić information content (AvgIpc) is 2.82. The normalized spacial score (nSPS) is 18.3. The Labute approximate surface area is 193 Å². The van der Waals surface area contributed by atoms with E-state index in [1.165, 1.54) is 11.8 Å². The first-order chi connectivity index (χ1) is 15.6. The van der Waals surface area contributed by atoms with Crippen LogP contribution in [0.15, 0.2) is 41.4 Å². The molecule has 3 aromatic rings. The van der Waals surface area contributed by atoms with Crippen molar-refractivity contribution in [3.63, 3.8) is 0 Å². The Bertz CT molecular complexity index is 1120. The summed E-state index contributed by atoms with van der Waals surface area (Å²) in [6.45, 7) is 0.724. The molecule has 32 heavy (non-hydrogen) atoms. The molecule has 0 saturated heterocycles. The average molecular weight is 448 g/mol. The van der Waals surface area contributed by atoms with E-state index in [9.17, 15) is 0 Å². The van der Waals surface area contributed by atoms with E-state index in [1.807, 2.05) is 55.6 Å². The predicted molar refractivity (Wildman–Crippen MR) is 131 cm³/mol. The van der Waals surface area contributed by atoms with Gasteiger partial charge in [0.15, 0.2) is 0 Å². The molecule has 0 spiro atoms. The molecular weight excluding hydrogens is 418 g/mol. The van der Waals surface area contributed by atoms with Crippen molar-refractivity contribution in [2.24, 2.45) is 0 Å². The number of thioether (sulfide) groups is 1. The largest absolute Gasteiger partial charge is 0.362 e. The fourth-order valence-corrected chi connectivity index (χ4v) is 4.70. The van der Waals surface area contributed by atoms with Crippen LogP contribution < -0.4 is 15.5 Å². The van der Waals surface area contributed by atoms with Gasteiger partial charge >= 0.3 is 0 Å². The van der Waals surface area contributed by atoms with E-state index in [0.29, 0.717) is 23.6 Å². The van der Waals surface area contributed by atoms with Crippen LogP contribution >= 0.6 is 11.8 Å². The molecule has 166 valence electrons. The Hall–Kier alpha value is -2.89. The predicted octanol–water partition coefficient (Wildman–Crippen LogP) is 4.20. The lowest BCUT2D eigenvalue weighted by Gasteiger charge is -2.30. The second kappa shape index (κ2) is 10.2. The molecule has 0 aliphatic heterocycles. The Morgan fingerprint density at radius 1 is 1.03 bits per heavy atom. The zero-order valence-corrected chi connectivity index (χ0v) is 19.6. The van der Waals surface area contributed by atoms with E-state index in [-0.39, 0.29) is 0 Å². The fraction of sp³-hybridized carbons (Fsp3) is 0.417. The zero-order chi connectivity index (χ0) is 22.5. The Morgan fingerprint density at radius 2 is 1.78 bits per heavy atom. The van der Waals surface area contributed by atoms with Crippen LogP contribution in [0.25, 0.3) is 10.9 Å². The molecule has 2 N–H and O–H groups in total. The van der Waals surface area contributed by atoms with Crippen molar-refractivity contribution in [1.82, 2.24) is 20.3 Å². The van der Waals surface area contributed by atoms with E-state index >= 15 is 0 Å². The van der Waals surface area contributed by atoms with Gasteiger partial charge in [0.2, 0.25) is 5.95 Å². The summed E-state index contributed by atoms with van der Waals surface area (Å²) in [4.78, 5) is 16.2. The van der Waals surface area contributed by atoms with Gasteiger partial charge in [0.1, 0.15) is 16.9 Å². The molecule has 0 amide bonds. The summed E-state index contributed by atoms with van der Waals surface area (Å²) < 4.78 is 0. The molecule has 4 rings (SSSR count). The van der Waals surface area contributed by atoms with Crippen molar-refractivity contribution >= 4 is 34.4 Å². The molecular formula is C24H29N7S. The van der Waals surface area contributed by atoms with Gasteiger partial charge in [-0.2, -0.15) is 10.2 Å². The number of rotatable bonds is 7. The van der Waals surface area contributed by atoms with Gasteiger partial charge < -0.3 is 15.5 Å². The molecule has 1 saturated carbocycles. The molecule has 0 bridgehead atoms. The summed E-state index contributed by atoms with van der Waals surface area (Å²) in [7, 11) is 4.03. The highest BCUT2D eigenvalue weighted by molar-refractivity contribution is 7.98. The maximum absolute atomic E-state index is 9.16. The van der Waals surface area contributed by atoms with Crippen LogP contribution in [-0.4, -0.2) is 47.4 Å². The van der Waals surface area contributed by atoms with Crippen LogP contribution in [0.2, 0.25) is 0 Å². The summed E-state index contributed by atoms with van der Waals surface area (Å²) in [6.07, 6.45) is 6.29. The number of fused-ring (bicyclic) bond motifs is 1. The van der Waals surface area contributed by atoms with Gasteiger partial charge in [0, 0.05) is 38.1 Å². The number of nitriles is 1. The van der Waals surface area contributed by atoms with Gasteiger partial charge in [-0.3, -0.25) is 0 Å². The van der Waals surface area contributed by atoms with Crippen LogP contribution in [0.5, 0.6) is 0 Å². The molecule has 0 atom stereocenters. The summed E-state index contributed by atoms with van der Waals surface area (Å²) >= 11 is 1.52. The van der Waals surface area contributed by atoms with Crippen LogP contribution in [-0.2, 0) is 6.54 Å². The fourth-order valence-electron chi connectivity index (χ4n) is 4.16. The third kappa shape index (κ3) is 5.12. The monoisotopic (exact) mass is 447 g/mol. The minimum absolute atomic E-state index is 0.375. The summed E-state index contributed by atoms with van der Waals surface area (Å²) in [5.74, 6) is 1.64. The molecule has 8 heteroatoms. The zero-order valence-electron chi connectivity index (χ0n) is 18.8. The first-order valence-corrected chi connectivity index (χ1v) is 12.2. The Balaban J connectivity index is 1.33. The number of pyridine rings is 1. The SMILES string of the molecule is CSc1nc(CNC2CCC(Nc3nc(N(C)C)c4ccccc4n3)CC2)ccc1C#N. The first kappa shape index (κ1) is 22.3. The van der Waals surface area contributed by atoms with E-state index in [2.05, 4.69) is 27.8 Å². The first-order valence-electron chi connectivity index (χ1n) is 11.0. The molecule has 2 aromatic heterocycles. The van der Waals surface area contributed by atoms with Crippen molar-refractivity contribution in [2.75, 3.05) is 30.6 Å². The number of aromatic nitrogens is 3. The van der Waals surface area contributed by atoms with E-state index in [0.717, 1.165) is 59.7 Å². The third-order valence-electron chi connectivity index (χ3n) is 5.87. The molecule has 1 aliphatic carbocycles. The molecule has 1 fully saturated rings. The molecule has 1 aromatic carbocycles. The maximum Gasteiger partial charge on any atom is 0.225 e. The number of nitrogens with zero attached hydrogens (tertiary/aromatic N) is 5. The highest BCUT2D eigenvalue weighted by atomic mass is 32.2. The Morgan fingerprint density at radius 3 is 2.50 bits per heavy atom. The highest BCUT2D eigenvalue weighted by Crippen LogP contribution is 2.26. The minimum Gasteiger partial charge on any atom is -0.362 e. The van der Waals surface area contributed by atoms with Gasteiger partial charge in [0.25, 0.3) is 0 Å². The number of benzene rings is 1. The molecule has 2 heterocycles. The lowest BCUT2D eigenvalue weighted by molar-refractivity contribution is 0.351. The number of nitrogens with one attached hydrogen (secondary N) is 2. The summed E-state index contributed by atoms with van der Waals surface area (Å²) in [5.41, 5.74) is 2.58. The molecule has 1 aliphatic rings. The number of hydrogen-bond donors (Lipinski definition) is 2. The number of para-hydroxylation sites is 1. The highest BCUT2D eigenvalue weighted by Gasteiger charge is 2.22. The van der Waals surface area contributed by atoms with Gasteiger partial charge in [-0.05, 0) is 56.2 Å². The van der Waals surface area contributed by atoms with Crippen molar-refractivity contribution in [2.45, 2.75) is 49.3 Å². The second-order valence-electron chi connectivity index (χ2n) is 8.33. The van der Waals surface area contributed by atoms with Crippen LogP contribution in [0.3, 0.4) is 0 Å². The smallest absolute Gasteiger partial charge is 0.225 e. The number of anilines is 2. The summed E-state index contributed by atoms with van der Waals surface area (Å²) in [5, 5.41) is 18.2. The molecule has 7 nitrogen and oxygen atoms in total. The lowest BCUT2D eigenvalue weighted by atomic mass is 9.91. The topological polar surface area (TPSA) is 89.8 Å². The number of hydrogen-bond acceptors (Lipinski definition) is 8. The third-order valence-corrected chi connectivity index (χ3v) is 6.57. The quantitative estimate of drug-likeness (QED) is 0.521. The van der Waals surface area contributed by atoms with Gasteiger partial charge in [-0.25, -0.2) is 9.97 Å². The van der Waals surface area contributed by atoms with Crippen molar-refractivity contribution in [3.05, 3.63) is 47.7 Å². The van der Waals surface area contributed by atoms with Gasteiger partial charge in [-0.15, -0.1) is 11.8 Å². The van der Waals surface area contributed by atoms with Gasteiger partial charge in [-0.1, -0.05) is 12.1 Å². The molecule has 0 unspecified atom stereocenters. The Kier molecular flexibility index (Phi) is 7.08.